The Kier molecular flexibility index (Phi) is 8.19. The van der Waals surface area contributed by atoms with Crippen LogP contribution in [0.2, 0.25) is 5.02 Å². The Morgan fingerprint density at radius 3 is 2.61 bits per heavy atom. The Balaban J connectivity index is 1.13. The molecule has 2 aromatic heterocycles. The summed E-state index contributed by atoms with van der Waals surface area (Å²) in [6.45, 7) is 12.1. The van der Waals surface area contributed by atoms with Crippen molar-refractivity contribution in [3.63, 3.8) is 0 Å². The molecule has 1 aliphatic carbocycles. The number of esters is 1. The molecular formula is C37H42ClN5O3. The maximum atomic E-state index is 13.0. The number of carbonyl (C=O) groups is 1. The molecular weight excluding hydrogens is 598 g/mol. The third-order valence-electron chi connectivity index (χ3n) is 9.73. The third kappa shape index (κ3) is 6.08. The van der Waals surface area contributed by atoms with E-state index in [0.717, 1.165) is 78.7 Å². The minimum atomic E-state index is -0.358. The van der Waals surface area contributed by atoms with Crippen LogP contribution in [0.3, 0.4) is 0 Å². The van der Waals surface area contributed by atoms with Crippen LogP contribution in [0.25, 0.3) is 16.6 Å². The van der Waals surface area contributed by atoms with Gasteiger partial charge >= 0.3 is 5.97 Å². The molecule has 1 atom stereocenters. The molecule has 1 N–H and O–H groups in total. The number of allylic oxidation sites excluding steroid dienone is 1. The van der Waals surface area contributed by atoms with Gasteiger partial charge in [-0.3, -0.25) is 4.90 Å². The number of H-pyrrole nitrogens is 1. The van der Waals surface area contributed by atoms with Gasteiger partial charge in [-0.1, -0.05) is 43.2 Å². The molecule has 46 heavy (non-hydrogen) atoms. The van der Waals surface area contributed by atoms with Crippen LogP contribution in [0.4, 0.5) is 17.1 Å². The second-order valence-electron chi connectivity index (χ2n) is 13.7. The quantitative estimate of drug-likeness (QED) is 0.217. The number of methoxy groups -OCH3 is 1. The molecule has 0 bridgehead atoms. The first-order chi connectivity index (χ1) is 22.2. The molecule has 0 spiro atoms. The highest BCUT2D eigenvalue weighted by Crippen LogP contribution is 2.44. The first-order valence-electron chi connectivity index (χ1n) is 16.3. The van der Waals surface area contributed by atoms with Gasteiger partial charge in [0, 0.05) is 55.0 Å². The smallest absolute Gasteiger partial charge is 0.339 e. The molecule has 7 rings (SSSR count). The molecule has 9 heteroatoms. The van der Waals surface area contributed by atoms with Gasteiger partial charge in [0.05, 0.1) is 24.9 Å². The second kappa shape index (κ2) is 12.3. The largest absolute Gasteiger partial charge is 0.471 e. The van der Waals surface area contributed by atoms with Gasteiger partial charge in [-0.05, 0) is 85.2 Å². The van der Waals surface area contributed by atoms with E-state index in [-0.39, 0.29) is 12.1 Å². The van der Waals surface area contributed by atoms with Crippen LogP contribution < -0.4 is 14.5 Å². The van der Waals surface area contributed by atoms with E-state index in [4.69, 9.17) is 26.1 Å². The lowest BCUT2D eigenvalue weighted by atomic mass is 9.72. The van der Waals surface area contributed by atoms with Gasteiger partial charge in [0.25, 0.3) is 0 Å². The lowest BCUT2D eigenvalue weighted by Gasteiger charge is -2.40. The number of nitrogens with zero attached hydrogens (tertiary/aromatic N) is 4. The van der Waals surface area contributed by atoms with Crippen LogP contribution in [0.15, 0.2) is 66.4 Å². The van der Waals surface area contributed by atoms with Crippen molar-refractivity contribution in [2.24, 2.45) is 5.41 Å². The normalized spacial score (nSPS) is 20.1. The summed E-state index contributed by atoms with van der Waals surface area (Å²) in [7, 11) is 1.43. The van der Waals surface area contributed by atoms with E-state index in [1.165, 1.54) is 24.7 Å². The molecule has 1 fully saturated rings. The fraction of sp³-hybridized carbons (Fsp3) is 0.405. The number of aromatic amines is 1. The zero-order valence-corrected chi connectivity index (χ0v) is 27.9. The van der Waals surface area contributed by atoms with Crippen molar-refractivity contribution in [1.82, 2.24) is 14.9 Å². The Morgan fingerprint density at radius 2 is 1.85 bits per heavy atom. The number of carbonyl (C=O) groups excluding carboxylic acids is 1. The third-order valence-corrected chi connectivity index (χ3v) is 9.98. The van der Waals surface area contributed by atoms with E-state index in [1.807, 2.05) is 43.5 Å². The predicted molar refractivity (Wildman–Crippen MR) is 186 cm³/mol. The average Bonchev–Trinajstić information content (AvgIpc) is 3.51. The number of halogens is 1. The first-order valence-corrected chi connectivity index (χ1v) is 16.6. The van der Waals surface area contributed by atoms with Gasteiger partial charge in [-0.2, -0.15) is 4.98 Å². The summed E-state index contributed by atoms with van der Waals surface area (Å²) in [5.41, 5.74) is 8.71. The van der Waals surface area contributed by atoms with Crippen LogP contribution in [-0.2, 0) is 4.74 Å². The Bertz CT molecular complexity index is 1790. The monoisotopic (exact) mass is 639 g/mol. The number of nitrogens with one attached hydrogen (secondary N) is 1. The van der Waals surface area contributed by atoms with Crippen molar-refractivity contribution in [2.45, 2.75) is 46.1 Å². The Hall–Kier alpha value is -4.01. The first kappa shape index (κ1) is 30.6. The number of piperazine rings is 1. The van der Waals surface area contributed by atoms with Gasteiger partial charge in [0.1, 0.15) is 17.4 Å². The van der Waals surface area contributed by atoms with Crippen molar-refractivity contribution in [1.29, 1.82) is 0 Å². The molecule has 8 nitrogen and oxygen atoms in total. The van der Waals surface area contributed by atoms with E-state index >= 15 is 0 Å². The molecule has 3 aliphatic rings. The highest BCUT2D eigenvalue weighted by Gasteiger charge is 2.32. The molecule has 1 saturated heterocycles. The van der Waals surface area contributed by atoms with Crippen LogP contribution in [0, 0.1) is 5.41 Å². The molecule has 2 aromatic carbocycles. The number of anilines is 3. The van der Waals surface area contributed by atoms with Crippen molar-refractivity contribution in [2.75, 3.05) is 56.2 Å². The molecule has 0 saturated carbocycles. The minimum Gasteiger partial charge on any atom is -0.471 e. The highest BCUT2D eigenvalue weighted by molar-refractivity contribution is 6.30. The molecule has 2 aliphatic heterocycles. The summed E-state index contributed by atoms with van der Waals surface area (Å²) in [5.74, 6) is 0.199. The molecule has 4 heterocycles. The number of pyridine rings is 1. The molecule has 4 aromatic rings. The number of hydrogen-bond donors (Lipinski definition) is 1. The van der Waals surface area contributed by atoms with E-state index in [9.17, 15) is 4.79 Å². The lowest BCUT2D eigenvalue weighted by Crippen LogP contribution is -2.47. The number of rotatable bonds is 6. The second-order valence-corrected chi connectivity index (χ2v) is 14.1. The summed E-state index contributed by atoms with van der Waals surface area (Å²) in [5, 5.41) is 1.77. The van der Waals surface area contributed by atoms with Crippen LogP contribution >= 0.6 is 11.6 Å². The number of fused-ring (bicyclic) bond motifs is 2. The predicted octanol–water partition coefficient (Wildman–Crippen LogP) is 7.71. The zero-order chi connectivity index (χ0) is 32.0. The van der Waals surface area contributed by atoms with Crippen LogP contribution in [0.1, 0.15) is 56.0 Å². The maximum absolute atomic E-state index is 13.0. The van der Waals surface area contributed by atoms with Crippen molar-refractivity contribution < 1.29 is 14.3 Å². The maximum Gasteiger partial charge on any atom is 0.339 e. The number of benzene rings is 2. The van der Waals surface area contributed by atoms with Gasteiger partial charge in [-0.15, -0.1) is 0 Å². The van der Waals surface area contributed by atoms with Gasteiger partial charge < -0.3 is 24.3 Å². The number of hydrogen-bond acceptors (Lipinski definition) is 7. The van der Waals surface area contributed by atoms with Crippen molar-refractivity contribution in [3.05, 3.63) is 82.5 Å². The molecule has 0 unspecified atom stereocenters. The molecule has 0 amide bonds. The summed E-state index contributed by atoms with van der Waals surface area (Å²) in [4.78, 5) is 28.1. The van der Waals surface area contributed by atoms with Crippen molar-refractivity contribution >= 4 is 51.2 Å². The fourth-order valence-corrected chi connectivity index (χ4v) is 7.29. The fourth-order valence-electron chi connectivity index (χ4n) is 7.17. The Morgan fingerprint density at radius 1 is 1.07 bits per heavy atom. The molecule has 0 radical (unpaired) electrons. The summed E-state index contributed by atoms with van der Waals surface area (Å²) < 4.78 is 11.4. The van der Waals surface area contributed by atoms with Crippen molar-refractivity contribution in [3.8, 4) is 5.88 Å². The van der Waals surface area contributed by atoms with E-state index < -0.39 is 0 Å². The average molecular weight is 640 g/mol. The standard InChI is InChI=1S/C37H42ClN5O3/c1-24-22-43(33-19-26-12-14-39-34(26)40-35(33)46-24)32-20-29(9-10-30(32)36(44)45-4)42-17-15-41(16-18-42)23-27-11-13-37(2,3)21-31(27)25-5-7-28(38)8-6-25/h5-10,12,14,19-20,24H,11,13,15-18,21-23H2,1-4H3,(H,39,40)/t24-/m0/s1. The SMILES string of the molecule is COC(=O)c1ccc(N2CCN(CC3=C(c4ccc(Cl)cc4)CC(C)(C)CC3)CC2)cc1N1C[C@H](C)Oc2nc3[nH]ccc3cc21. The number of aromatic nitrogens is 2. The summed E-state index contributed by atoms with van der Waals surface area (Å²) in [6.07, 6.45) is 5.20. The van der Waals surface area contributed by atoms with E-state index in [1.54, 1.807) is 5.57 Å². The summed E-state index contributed by atoms with van der Waals surface area (Å²) in [6, 6.07) is 18.5. The lowest BCUT2D eigenvalue weighted by molar-refractivity contribution is 0.0601. The summed E-state index contributed by atoms with van der Waals surface area (Å²) >= 11 is 6.23. The van der Waals surface area contributed by atoms with Crippen LogP contribution in [0.5, 0.6) is 5.88 Å². The highest BCUT2D eigenvalue weighted by atomic mass is 35.5. The van der Waals surface area contributed by atoms with E-state index in [0.29, 0.717) is 23.4 Å². The van der Waals surface area contributed by atoms with E-state index in [2.05, 4.69) is 57.8 Å². The van der Waals surface area contributed by atoms with Gasteiger partial charge in [-0.25, -0.2) is 4.79 Å². The molecule has 240 valence electrons. The minimum absolute atomic E-state index is 0.109. The van der Waals surface area contributed by atoms with Gasteiger partial charge in [0.2, 0.25) is 5.88 Å². The topological polar surface area (TPSA) is 73.9 Å². The Labute approximate surface area is 275 Å². The van der Waals surface area contributed by atoms with Crippen LogP contribution in [-0.4, -0.2) is 73.3 Å². The number of ether oxygens (including phenoxy) is 2. The zero-order valence-electron chi connectivity index (χ0n) is 27.1. The van der Waals surface area contributed by atoms with Gasteiger partial charge in [0.15, 0.2) is 0 Å².